The van der Waals surface area contributed by atoms with Crippen molar-refractivity contribution in [3.05, 3.63) is 28.2 Å². The minimum absolute atomic E-state index is 0.0853. The van der Waals surface area contributed by atoms with E-state index in [1.165, 1.54) is 0 Å². The lowest BCUT2D eigenvalue weighted by molar-refractivity contribution is -0.122. The lowest BCUT2D eigenvalue weighted by Crippen LogP contribution is -2.46. The van der Waals surface area contributed by atoms with Gasteiger partial charge in [0.15, 0.2) is 0 Å². The van der Waals surface area contributed by atoms with Crippen LogP contribution in [0.2, 0.25) is 0 Å². The monoisotopic (exact) mass is 342 g/mol. The molecule has 4 nitrogen and oxygen atoms in total. The predicted octanol–water partition coefficient (Wildman–Crippen LogP) is 2.03. The van der Waals surface area contributed by atoms with E-state index >= 15 is 0 Å². The maximum Gasteiger partial charge on any atom is 0.235 e. The molecule has 0 radical (unpaired) electrons. The zero-order valence-corrected chi connectivity index (χ0v) is 13.0. The van der Waals surface area contributed by atoms with E-state index in [1.54, 1.807) is 6.26 Å². The van der Waals surface area contributed by atoms with Gasteiger partial charge in [0.05, 0.1) is 16.4 Å². The van der Waals surface area contributed by atoms with Gasteiger partial charge in [-0.25, -0.2) is 8.51 Å². The Morgan fingerprint density at radius 2 is 2.05 bits per heavy atom. The summed E-state index contributed by atoms with van der Waals surface area (Å²) in [4.78, 5) is 12.4. The quantitative estimate of drug-likeness (QED) is 0.848. The Morgan fingerprint density at radius 3 is 2.68 bits per heavy atom. The highest BCUT2D eigenvalue weighted by Crippen LogP contribution is 2.45. The number of nitrogens with zero attached hydrogens (tertiary/aromatic N) is 1. The number of halogens is 1. The van der Waals surface area contributed by atoms with Crippen LogP contribution in [0.4, 0.5) is 5.69 Å². The van der Waals surface area contributed by atoms with Gasteiger partial charge < -0.3 is 5.32 Å². The van der Waals surface area contributed by atoms with Crippen molar-refractivity contribution in [2.75, 3.05) is 24.7 Å². The third-order valence-electron chi connectivity index (χ3n) is 4.12. The zero-order valence-electron chi connectivity index (χ0n) is 10.6. The van der Waals surface area contributed by atoms with Gasteiger partial charge in [0.25, 0.3) is 0 Å². The van der Waals surface area contributed by atoms with Gasteiger partial charge in [-0.2, -0.15) is 0 Å². The summed E-state index contributed by atoms with van der Waals surface area (Å²) in [5.41, 5.74) is 1.57. The van der Waals surface area contributed by atoms with Crippen molar-refractivity contribution in [1.29, 1.82) is 0 Å². The van der Waals surface area contributed by atoms with E-state index in [0.717, 1.165) is 28.6 Å². The number of carbonyl (C=O) groups excluding carboxylic acids is 1. The van der Waals surface area contributed by atoms with Gasteiger partial charge in [0.1, 0.15) is 0 Å². The molecule has 1 N–H and O–H groups in total. The molecule has 1 atom stereocenters. The van der Waals surface area contributed by atoms with Crippen LogP contribution >= 0.6 is 15.9 Å². The van der Waals surface area contributed by atoms with Crippen LogP contribution in [0.1, 0.15) is 18.4 Å². The van der Waals surface area contributed by atoms with Crippen LogP contribution in [-0.4, -0.2) is 33.8 Å². The number of amides is 1. The molecule has 0 bridgehead atoms. The SMILES string of the molecule is CS(=O)N1CCC2(CC1)C(=O)Nc1cc(Br)ccc12. The lowest BCUT2D eigenvalue weighted by atomic mass is 9.74. The maximum absolute atomic E-state index is 12.4. The lowest BCUT2D eigenvalue weighted by Gasteiger charge is -2.36. The fourth-order valence-corrected chi connectivity index (χ4v) is 4.08. The van der Waals surface area contributed by atoms with Gasteiger partial charge in [-0.1, -0.05) is 22.0 Å². The predicted molar refractivity (Wildman–Crippen MR) is 79.3 cm³/mol. The van der Waals surface area contributed by atoms with Crippen molar-refractivity contribution in [2.45, 2.75) is 18.3 Å². The van der Waals surface area contributed by atoms with Crippen molar-refractivity contribution in [3.8, 4) is 0 Å². The Bertz CT molecular complexity index is 568. The summed E-state index contributed by atoms with van der Waals surface area (Å²) in [7, 11) is -0.947. The fourth-order valence-electron chi connectivity index (χ4n) is 3.02. The van der Waals surface area contributed by atoms with Gasteiger partial charge in [-0.15, -0.1) is 0 Å². The molecule has 1 amide bonds. The number of benzene rings is 1. The van der Waals surface area contributed by atoms with E-state index in [1.807, 2.05) is 22.5 Å². The molecule has 0 saturated carbocycles. The van der Waals surface area contributed by atoms with Gasteiger partial charge in [-0.05, 0) is 30.5 Å². The number of rotatable bonds is 1. The van der Waals surface area contributed by atoms with E-state index < -0.39 is 16.4 Å². The van der Waals surface area contributed by atoms with Crippen LogP contribution in [0.5, 0.6) is 0 Å². The van der Waals surface area contributed by atoms with E-state index in [0.29, 0.717) is 13.1 Å². The standard InChI is InChI=1S/C13H15BrN2O2S/c1-19(18)16-6-4-13(5-7-16)10-3-2-9(14)8-11(10)15-12(13)17/h2-3,8H,4-7H2,1H3,(H,15,17). The first-order chi connectivity index (χ1) is 9.03. The summed E-state index contributed by atoms with van der Waals surface area (Å²) in [6.45, 7) is 1.40. The fraction of sp³-hybridized carbons (Fsp3) is 0.462. The summed E-state index contributed by atoms with van der Waals surface area (Å²) in [5.74, 6) is 0.0853. The minimum atomic E-state index is -0.947. The van der Waals surface area contributed by atoms with Gasteiger partial charge in [-0.3, -0.25) is 4.79 Å². The molecule has 0 aromatic heterocycles. The van der Waals surface area contributed by atoms with Crippen LogP contribution in [0.25, 0.3) is 0 Å². The van der Waals surface area contributed by atoms with Crippen LogP contribution in [0.15, 0.2) is 22.7 Å². The maximum atomic E-state index is 12.4. The minimum Gasteiger partial charge on any atom is -0.325 e. The van der Waals surface area contributed by atoms with Crippen LogP contribution < -0.4 is 5.32 Å². The Morgan fingerprint density at radius 1 is 1.37 bits per heavy atom. The van der Waals surface area contributed by atoms with Crippen molar-refractivity contribution >= 4 is 38.5 Å². The van der Waals surface area contributed by atoms with E-state index in [9.17, 15) is 9.00 Å². The molecule has 19 heavy (non-hydrogen) atoms. The summed E-state index contributed by atoms with van der Waals surface area (Å²) in [6, 6.07) is 5.95. The third kappa shape index (κ3) is 2.06. The van der Waals surface area contributed by atoms with E-state index in [-0.39, 0.29) is 5.91 Å². The molecule has 6 heteroatoms. The molecular formula is C13H15BrN2O2S. The average Bonchev–Trinajstić information content (AvgIpc) is 2.62. The number of carbonyl (C=O) groups is 1. The molecule has 1 aromatic rings. The highest BCUT2D eigenvalue weighted by Gasteiger charge is 2.48. The second-order valence-electron chi connectivity index (χ2n) is 5.08. The Kier molecular flexibility index (Phi) is 3.27. The number of anilines is 1. The average molecular weight is 343 g/mol. The second-order valence-corrected chi connectivity index (χ2v) is 7.36. The third-order valence-corrected chi connectivity index (χ3v) is 5.71. The second kappa shape index (κ2) is 4.68. The molecule has 1 saturated heterocycles. The highest BCUT2D eigenvalue weighted by molar-refractivity contribution is 9.10. The first-order valence-corrected chi connectivity index (χ1v) is 8.54. The molecule has 2 aliphatic rings. The molecule has 102 valence electrons. The van der Waals surface area contributed by atoms with Crippen molar-refractivity contribution in [1.82, 2.24) is 4.31 Å². The highest BCUT2D eigenvalue weighted by atomic mass is 79.9. The molecule has 2 heterocycles. The number of hydrogen-bond donors (Lipinski definition) is 1. The number of nitrogens with one attached hydrogen (secondary N) is 1. The molecule has 1 unspecified atom stereocenters. The zero-order chi connectivity index (χ0) is 13.6. The van der Waals surface area contributed by atoms with E-state index in [4.69, 9.17) is 0 Å². The molecule has 0 aliphatic carbocycles. The summed E-state index contributed by atoms with van der Waals surface area (Å²) < 4.78 is 14.4. The summed E-state index contributed by atoms with van der Waals surface area (Å²) in [6.07, 6.45) is 3.15. The Hall–Kier alpha value is -0.720. The molecule has 1 spiro atoms. The first kappa shape index (κ1) is 13.3. The topological polar surface area (TPSA) is 49.4 Å². The van der Waals surface area contributed by atoms with Crippen molar-refractivity contribution in [3.63, 3.8) is 0 Å². The molecular weight excluding hydrogens is 328 g/mol. The van der Waals surface area contributed by atoms with E-state index in [2.05, 4.69) is 21.2 Å². The number of hydrogen-bond acceptors (Lipinski definition) is 2. The molecule has 2 aliphatic heterocycles. The van der Waals surface area contributed by atoms with Gasteiger partial charge in [0, 0.05) is 29.5 Å². The first-order valence-electron chi connectivity index (χ1n) is 6.23. The smallest absolute Gasteiger partial charge is 0.235 e. The summed E-state index contributed by atoms with van der Waals surface area (Å²) in [5, 5.41) is 2.98. The van der Waals surface area contributed by atoms with Gasteiger partial charge >= 0.3 is 0 Å². The number of fused-ring (bicyclic) bond motifs is 2. The number of piperidine rings is 1. The molecule has 3 rings (SSSR count). The molecule has 1 fully saturated rings. The normalized spacial score (nSPS) is 23.2. The van der Waals surface area contributed by atoms with Crippen LogP contribution in [0.3, 0.4) is 0 Å². The molecule has 1 aromatic carbocycles. The Labute approximate surface area is 123 Å². The van der Waals surface area contributed by atoms with Gasteiger partial charge in [0.2, 0.25) is 5.91 Å². The van der Waals surface area contributed by atoms with Crippen molar-refractivity contribution in [2.24, 2.45) is 0 Å². The van der Waals surface area contributed by atoms with Crippen LogP contribution in [0, 0.1) is 0 Å². The van der Waals surface area contributed by atoms with Crippen LogP contribution in [-0.2, 0) is 21.2 Å². The Balaban J connectivity index is 1.94. The van der Waals surface area contributed by atoms with Crippen molar-refractivity contribution < 1.29 is 9.00 Å². The summed E-state index contributed by atoms with van der Waals surface area (Å²) >= 11 is 3.43. The largest absolute Gasteiger partial charge is 0.325 e.